The normalized spacial score (nSPS) is 22.2. The van der Waals surface area contributed by atoms with Crippen LogP contribution in [0.5, 0.6) is 0 Å². The maximum atomic E-state index is 13.3. The van der Waals surface area contributed by atoms with Crippen LogP contribution in [0.1, 0.15) is 36.4 Å². The maximum absolute atomic E-state index is 13.3. The van der Waals surface area contributed by atoms with Crippen molar-refractivity contribution >= 4 is 0 Å². The van der Waals surface area contributed by atoms with Crippen LogP contribution in [0, 0.1) is 5.92 Å². The van der Waals surface area contributed by atoms with Gasteiger partial charge in [0.1, 0.15) is 0 Å². The molecule has 2 fully saturated rings. The Kier molecular flexibility index (Phi) is 4.22. The third-order valence-corrected chi connectivity index (χ3v) is 4.47. The van der Waals surface area contributed by atoms with Crippen molar-refractivity contribution in [2.75, 3.05) is 26.2 Å². The van der Waals surface area contributed by atoms with E-state index in [9.17, 15) is 13.2 Å². The van der Waals surface area contributed by atoms with E-state index in [2.05, 4.69) is 10.2 Å². The summed E-state index contributed by atoms with van der Waals surface area (Å²) in [6.45, 7) is 3.36. The molecule has 1 saturated carbocycles. The summed E-state index contributed by atoms with van der Waals surface area (Å²) in [5.74, 6) is 0.603. The molecule has 1 N–H and O–H groups in total. The summed E-state index contributed by atoms with van der Waals surface area (Å²) in [6, 6.07) is 6.00. The fraction of sp³-hybridized carbons (Fsp3) is 0.625. The summed E-state index contributed by atoms with van der Waals surface area (Å²) < 4.78 is 39.9. The lowest BCUT2D eigenvalue weighted by Crippen LogP contribution is -2.45. The van der Waals surface area contributed by atoms with E-state index in [1.165, 1.54) is 12.1 Å². The number of hydrogen-bond donors (Lipinski definition) is 1. The molecule has 1 atom stereocenters. The van der Waals surface area contributed by atoms with Crippen molar-refractivity contribution in [3.05, 3.63) is 35.4 Å². The van der Waals surface area contributed by atoms with Gasteiger partial charge in [-0.1, -0.05) is 31.0 Å². The van der Waals surface area contributed by atoms with Gasteiger partial charge in [0, 0.05) is 32.2 Å². The highest BCUT2D eigenvalue weighted by Crippen LogP contribution is 2.43. The average Bonchev–Trinajstić information content (AvgIpc) is 3.29. The summed E-state index contributed by atoms with van der Waals surface area (Å²) in [5, 5.41) is 3.27. The molecule has 0 amide bonds. The van der Waals surface area contributed by atoms with Crippen molar-refractivity contribution in [2.45, 2.75) is 31.5 Å². The van der Waals surface area contributed by atoms with Gasteiger partial charge in [0.2, 0.25) is 0 Å². The highest BCUT2D eigenvalue weighted by atomic mass is 19.4. The molecule has 1 saturated heterocycles. The second kappa shape index (κ2) is 5.97. The van der Waals surface area contributed by atoms with Crippen molar-refractivity contribution in [3.8, 4) is 0 Å². The number of hydrogen-bond acceptors (Lipinski definition) is 2. The molecule has 0 unspecified atom stereocenters. The summed E-state index contributed by atoms with van der Waals surface area (Å²) in [7, 11) is 0. The van der Waals surface area contributed by atoms with Crippen molar-refractivity contribution in [3.63, 3.8) is 0 Å². The van der Waals surface area contributed by atoms with Crippen LogP contribution in [0.2, 0.25) is 0 Å². The zero-order valence-electron chi connectivity index (χ0n) is 12.0. The molecule has 2 aliphatic rings. The first-order valence-electron chi connectivity index (χ1n) is 7.66. The van der Waals surface area contributed by atoms with Crippen molar-refractivity contribution in [2.24, 2.45) is 5.92 Å². The van der Waals surface area contributed by atoms with E-state index in [-0.39, 0.29) is 6.04 Å². The van der Waals surface area contributed by atoms with Crippen LogP contribution in [0.3, 0.4) is 0 Å². The molecular formula is C16H21F3N2. The lowest BCUT2D eigenvalue weighted by molar-refractivity contribution is -0.138. The standard InChI is InChI=1S/C16H21F3N2/c17-16(18,19)14-4-2-1-3-13(14)15(11-12-5-6-12)21-9-7-20-8-10-21/h1-4,12,15,20H,5-11H2/t15-/m1/s1. The third-order valence-electron chi connectivity index (χ3n) is 4.47. The van der Waals surface area contributed by atoms with Crippen LogP contribution >= 0.6 is 0 Å². The summed E-state index contributed by atoms with van der Waals surface area (Å²) in [5.41, 5.74) is -0.00650. The van der Waals surface area contributed by atoms with Crippen LogP contribution in [-0.4, -0.2) is 31.1 Å². The Hall–Kier alpha value is -1.07. The molecule has 0 spiro atoms. The Balaban J connectivity index is 1.91. The topological polar surface area (TPSA) is 15.3 Å². The molecule has 0 radical (unpaired) electrons. The minimum atomic E-state index is -4.27. The van der Waals surface area contributed by atoms with Gasteiger partial charge in [-0.25, -0.2) is 0 Å². The van der Waals surface area contributed by atoms with Gasteiger partial charge in [0.15, 0.2) is 0 Å². The van der Waals surface area contributed by atoms with Crippen molar-refractivity contribution in [1.29, 1.82) is 0 Å². The van der Waals surface area contributed by atoms with E-state index >= 15 is 0 Å². The smallest absolute Gasteiger partial charge is 0.314 e. The Labute approximate surface area is 123 Å². The van der Waals surface area contributed by atoms with Gasteiger partial charge in [0.05, 0.1) is 5.56 Å². The fourth-order valence-corrected chi connectivity index (χ4v) is 3.18. The summed E-state index contributed by atoms with van der Waals surface area (Å²) >= 11 is 0. The second-order valence-electron chi connectivity index (χ2n) is 6.07. The van der Waals surface area contributed by atoms with Gasteiger partial charge in [-0.3, -0.25) is 4.90 Å². The molecule has 0 aromatic heterocycles. The van der Waals surface area contributed by atoms with Crippen LogP contribution in [-0.2, 0) is 6.18 Å². The Morgan fingerprint density at radius 1 is 1.14 bits per heavy atom. The Morgan fingerprint density at radius 2 is 1.81 bits per heavy atom. The zero-order chi connectivity index (χ0) is 14.9. The number of rotatable bonds is 4. The third kappa shape index (κ3) is 3.58. The van der Waals surface area contributed by atoms with Gasteiger partial charge < -0.3 is 5.32 Å². The van der Waals surface area contributed by atoms with Gasteiger partial charge >= 0.3 is 6.18 Å². The first-order chi connectivity index (χ1) is 10.1. The Morgan fingerprint density at radius 3 is 2.43 bits per heavy atom. The van der Waals surface area contributed by atoms with Crippen LogP contribution in [0.4, 0.5) is 13.2 Å². The predicted octanol–water partition coefficient (Wildman–Crippen LogP) is 3.45. The number of alkyl halides is 3. The van der Waals surface area contributed by atoms with Crippen molar-refractivity contribution in [1.82, 2.24) is 10.2 Å². The number of nitrogens with one attached hydrogen (secondary N) is 1. The van der Waals surface area contributed by atoms with Gasteiger partial charge in [0.25, 0.3) is 0 Å². The zero-order valence-corrected chi connectivity index (χ0v) is 12.0. The molecule has 1 aliphatic heterocycles. The van der Waals surface area contributed by atoms with Crippen LogP contribution in [0.15, 0.2) is 24.3 Å². The molecule has 1 heterocycles. The average molecular weight is 298 g/mol. The SMILES string of the molecule is FC(F)(F)c1ccccc1[C@@H](CC1CC1)N1CCNCC1. The molecule has 2 nitrogen and oxygen atoms in total. The maximum Gasteiger partial charge on any atom is 0.416 e. The fourth-order valence-electron chi connectivity index (χ4n) is 3.18. The van der Waals surface area contributed by atoms with Crippen LogP contribution in [0.25, 0.3) is 0 Å². The molecule has 1 aliphatic carbocycles. The van der Waals surface area contributed by atoms with E-state index in [1.54, 1.807) is 12.1 Å². The molecule has 116 valence electrons. The van der Waals surface area contributed by atoms with Crippen molar-refractivity contribution < 1.29 is 13.2 Å². The van der Waals surface area contributed by atoms with E-state index in [4.69, 9.17) is 0 Å². The minimum Gasteiger partial charge on any atom is -0.314 e. The molecular weight excluding hydrogens is 277 g/mol. The van der Waals surface area contributed by atoms with Gasteiger partial charge in [-0.15, -0.1) is 0 Å². The molecule has 21 heavy (non-hydrogen) atoms. The summed E-state index contributed by atoms with van der Waals surface area (Å²) in [4.78, 5) is 2.22. The molecule has 3 rings (SSSR count). The minimum absolute atomic E-state index is 0.0996. The first kappa shape index (κ1) is 14.9. The van der Waals surface area contributed by atoms with E-state index < -0.39 is 11.7 Å². The number of piperazine rings is 1. The quantitative estimate of drug-likeness (QED) is 0.916. The second-order valence-corrected chi connectivity index (χ2v) is 6.07. The van der Waals surface area contributed by atoms with E-state index in [0.717, 1.165) is 45.4 Å². The van der Waals surface area contributed by atoms with E-state index in [1.807, 2.05) is 0 Å². The van der Waals surface area contributed by atoms with Crippen LogP contribution < -0.4 is 5.32 Å². The highest BCUT2D eigenvalue weighted by molar-refractivity contribution is 5.32. The molecule has 1 aromatic rings. The number of halogens is 3. The van der Waals surface area contributed by atoms with Gasteiger partial charge in [-0.2, -0.15) is 13.2 Å². The van der Waals surface area contributed by atoms with E-state index in [0.29, 0.717) is 11.5 Å². The number of benzene rings is 1. The number of nitrogens with zero attached hydrogens (tertiary/aromatic N) is 1. The predicted molar refractivity (Wildman–Crippen MR) is 76.0 cm³/mol. The lowest BCUT2D eigenvalue weighted by Gasteiger charge is -2.36. The molecule has 5 heteroatoms. The monoisotopic (exact) mass is 298 g/mol. The molecule has 0 bridgehead atoms. The lowest BCUT2D eigenvalue weighted by atomic mass is 9.94. The Bertz CT molecular complexity index is 477. The summed E-state index contributed by atoms with van der Waals surface area (Å²) in [6.07, 6.45) is -1.09. The molecule has 1 aromatic carbocycles. The highest BCUT2D eigenvalue weighted by Gasteiger charge is 2.38. The first-order valence-corrected chi connectivity index (χ1v) is 7.66. The van der Waals surface area contributed by atoms with Gasteiger partial charge in [-0.05, 0) is 24.0 Å². The largest absolute Gasteiger partial charge is 0.416 e.